The lowest BCUT2D eigenvalue weighted by atomic mass is 9.88. The molecule has 2 aliphatic heterocycles. The van der Waals surface area contributed by atoms with Crippen LogP contribution in [0.2, 0.25) is 0 Å². The summed E-state index contributed by atoms with van der Waals surface area (Å²) in [5.74, 6) is 0. The van der Waals surface area contributed by atoms with E-state index in [2.05, 4.69) is 23.1 Å². The van der Waals surface area contributed by atoms with Crippen molar-refractivity contribution in [1.82, 2.24) is 14.7 Å². The molecule has 5 heteroatoms. The topological polar surface area (TPSA) is 39.5 Å². The summed E-state index contributed by atoms with van der Waals surface area (Å²) in [5, 5.41) is 4.23. The van der Waals surface area contributed by atoms with Gasteiger partial charge in [0.15, 0.2) is 0 Å². The normalized spacial score (nSPS) is 26.4. The third-order valence-corrected chi connectivity index (χ3v) is 4.51. The molecule has 0 unspecified atom stereocenters. The Morgan fingerprint density at radius 1 is 1.45 bits per heavy atom. The van der Waals surface area contributed by atoms with Crippen molar-refractivity contribution in [2.45, 2.75) is 44.4 Å². The van der Waals surface area contributed by atoms with Crippen LogP contribution in [-0.4, -0.2) is 52.7 Å². The van der Waals surface area contributed by atoms with E-state index in [9.17, 15) is 0 Å². The average molecular weight is 279 g/mol. The first kappa shape index (κ1) is 14.0. The van der Waals surface area contributed by atoms with Gasteiger partial charge in [-0.3, -0.25) is 9.58 Å². The summed E-state index contributed by atoms with van der Waals surface area (Å²) < 4.78 is 13.7. The average Bonchev–Trinajstić information content (AvgIpc) is 3.01. The second-order valence-corrected chi connectivity index (χ2v) is 6.07. The molecule has 0 bridgehead atoms. The Labute approximate surface area is 120 Å². The second-order valence-electron chi connectivity index (χ2n) is 6.07. The second kappa shape index (κ2) is 5.84. The van der Waals surface area contributed by atoms with E-state index in [0.29, 0.717) is 6.10 Å². The number of hydrogen-bond donors (Lipinski definition) is 0. The zero-order valence-corrected chi connectivity index (χ0v) is 12.5. The molecule has 0 amide bonds. The first-order chi connectivity index (χ1) is 9.69. The standard InChI is InChI=1S/C15H25N3O2/c1-3-19-14-8-15(20-12-14)4-6-18(7-5-15)11-13-9-16-17(2)10-13/h9-10,14H,3-8,11-12H2,1-2H3/t14-/m0/s1. The fourth-order valence-corrected chi connectivity index (χ4v) is 3.42. The van der Waals surface area contributed by atoms with E-state index in [-0.39, 0.29) is 5.60 Å². The Bertz CT molecular complexity index is 438. The summed E-state index contributed by atoms with van der Waals surface area (Å²) >= 11 is 0. The van der Waals surface area contributed by atoms with Crippen molar-refractivity contribution < 1.29 is 9.47 Å². The zero-order chi connectivity index (χ0) is 14.0. The SMILES string of the molecule is CCO[C@@H]1COC2(CCN(Cc3cnn(C)c3)CC2)C1. The van der Waals surface area contributed by atoms with Crippen LogP contribution in [0.1, 0.15) is 31.7 Å². The van der Waals surface area contributed by atoms with Gasteiger partial charge in [0.1, 0.15) is 0 Å². The Morgan fingerprint density at radius 2 is 2.25 bits per heavy atom. The highest BCUT2D eigenvalue weighted by Crippen LogP contribution is 2.37. The summed E-state index contributed by atoms with van der Waals surface area (Å²) in [4.78, 5) is 2.50. The zero-order valence-electron chi connectivity index (χ0n) is 12.5. The molecule has 1 aromatic heterocycles. The summed E-state index contributed by atoms with van der Waals surface area (Å²) in [6, 6.07) is 0. The van der Waals surface area contributed by atoms with Gasteiger partial charge in [-0.25, -0.2) is 0 Å². The maximum atomic E-state index is 6.08. The summed E-state index contributed by atoms with van der Waals surface area (Å²) in [6.07, 6.45) is 7.68. The van der Waals surface area contributed by atoms with Gasteiger partial charge in [0.25, 0.3) is 0 Å². The lowest BCUT2D eigenvalue weighted by molar-refractivity contribution is -0.0464. The Hall–Kier alpha value is -0.910. The van der Waals surface area contributed by atoms with Gasteiger partial charge in [0, 0.05) is 51.5 Å². The van der Waals surface area contributed by atoms with E-state index in [1.807, 2.05) is 17.9 Å². The highest BCUT2D eigenvalue weighted by Gasteiger charge is 2.42. The first-order valence-corrected chi connectivity index (χ1v) is 7.64. The number of nitrogens with zero attached hydrogens (tertiary/aromatic N) is 3. The fourth-order valence-electron chi connectivity index (χ4n) is 3.42. The minimum absolute atomic E-state index is 0.0886. The quantitative estimate of drug-likeness (QED) is 0.839. The number of hydrogen-bond acceptors (Lipinski definition) is 4. The molecule has 3 heterocycles. The largest absolute Gasteiger partial charge is 0.376 e. The van der Waals surface area contributed by atoms with Crippen molar-refractivity contribution in [3.05, 3.63) is 18.0 Å². The van der Waals surface area contributed by atoms with Crippen molar-refractivity contribution >= 4 is 0 Å². The van der Waals surface area contributed by atoms with Gasteiger partial charge >= 0.3 is 0 Å². The molecule has 1 aromatic rings. The summed E-state index contributed by atoms with van der Waals surface area (Å²) in [6.45, 7) is 6.83. The first-order valence-electron chi connectivity index (χ1n) is 7.64. The van der Waals surface area contributed by atoms with Crippen LogP contribution in [-0.2, 0) is 23.1 Å². The molecule has 2 fully saturated rings. The molecule has 0 N–H and O–H groups in total. The van der Waals surface area contributed by atoms with Gasteiger partial charge < -0.3 is 9.47 Å². The number of ether oxygens (including phenoxy) is 2. The molecule has 2 saturated heterocycles. The van der Waals surface area contributed by atoms with Crippen molar-refractivity contribution in [2.75, 3.05) is 26.3 Å². The van der Waals surface area contributed by atoms with E-state index in [4.69, 9.17) is 9.47 Å². The Kier molecular flexibility index (Phi) is 4.10. The molecule has 20 heavy (non-hydrogen) atoms. The van der Waals surface area contributed by atoms with Gasteiger partial charge in [-0.1, -0.05) is 0 Å². The van der Waals surface area contributed by atoms with Crippen molar-refractivity contribution in [2.24, 2.45) is 7.05 Å². The van der Waals surface area contributed by atoms with Crippen LogP contribution in [0, 0.1) is 0 Å². The predicted molar refractivity (Wildman–Crippen MR) is 76.4 cm³/mol. The molecule has 2 aliphatic rings. The smallest absolute Gasteiger partial charge is 0.0836 e. The maximum Gasteiger partial charge on any atom is 0.0836 e. The minimum atomic E-state index is 0.0886. The maximum absolute atomic E-state index is 6.08. The van der Waals surface area contributed by atoms with Crippen LogP contribution in [0.15, 0.2) is 12.4 Å². The number of rotatable bonds is 4. The van der Waals surface area contributed by atoms with Crippen LogP contribution in [0.4, 0.5) is 0 Å². The fraction of sp³-hybridized carbons (Fsp3) is 0.800. The molecule has 3 rings (SSSR count). The number of piperidine rings is 1. The third-order valence-electron chi connectivity index (χ3n) is 4.51. The van der Waals surface area contributed by atoms with Gasteiger partial charge in [0.2, 0.25) is 0 Å². The molecular formula is C15H25N3O2. The van der Waals surface area contributed by atoms with Crippen LogP contribution in [0.5, 0.6) is 0 Å². The van der Waals surface area contributed by atoms with Gasteiger partial charge in [-0.15, -0.1) is 0 Å². The Balaban J connectivity index is 1.50. The predicted octanol–water partition coefficient (Wildman–Crippen LogP) is 1.58. The lowest BCUT2D eigenvalue weighted by Gasteiger charge is -2.38. The number of aromatic nitrogens is 2. The molecule has 0 aromatic carbocycles. The number of likely N-dealkylation sites (tertiary alicyclic amines) is 1. The molecule has 112 valence electrons. The molecular weight excluding hydrogens is 254 g/mol. The molecule has 5 nitrogen and oxygen atoms in total. The highest BCUT2D eigenvalue weighted by molar-refractivity contribution is 5.04. The Morgan fingerprint density at radius 3 is 2.90 bits per heavy atom. The molecule has 1 atom stereocenters. The van der Waals surface area contributed by atoms with Crippen molar-refractivity contribution in [3.63, 3.8) is 0 Å². The summed E-state index contributed by atoms with van der Waals surface area (Å²) in [7, 11) is 1.97. The van der Waals surface area contributed by atoms with Gasteiger partial charge in [-0.05, 0) is 19.8 Å². The number of aryl methyl sites for hydroxylation is 1. The molecule has 0 saturated carbocycles. The monoisotopic (exact) mass is 279 g/mol. The molecule has 0 aliphatic carbocycles. The molecule has 0 radical (unpaired) electrons. The van der Waals surface area contributed by atoms with Crippen LogP contribution >= 0.6 is 0 Å². The van der Waals surface area contributed by atoms with E-state index >= 15 is 0 Å². The third kappa shape index (κ3) is 3.05. The van der Waals surface area contributed by atoms with Crippen LogP contribution < -0.4 is 0 Å². The van der Waals surface area contributed by atoms with E-state index in [1.54, 1.807) is 0 Å². The van der Waals surface area contributed by atoms with Gasteiger partial charge in [0.05, 0.1) is 24.5 Å². The minimum Gasteiger partial charge on any atom is -0.376 e. The van der Waals surface area contributed by atoms with E-state index in [0.717, 1.165) is 52.1 Å². The van der Waals surface area contributed by atoms with Crippen molar-refractivity contribution in [3.8, 4) is 0 Å². The van der Waals surface area contributed by atoms with Gasteiger partial charge in [-0.2, -0.15) is 5.10 Å². The van der Waals surface area contributed by atoms with E-state index in [1.165, 1.54) is 5.56 Å². The summed E-state index contributed by atoms with van der Waals surface area (Å²) in [5.41, 5.74) is 1.38. The lowest BCUT2D eigenvalue weighted by Crippen LogP contribution is -2.43. The van der Waals surface area contributed by atoms with E-state index < -0.39 is 0 Å². The molecule has 1 spiro atoms. The highest BCUT2D eigenvalue weighted by atomic mass is 16.6. The van der Waals surface area contributed by atoms with Crippen LogP contribution in [0.25, 0.3) is 0 Å². The van der Waals surface area contributed by atoms with Crippen molar-refractivity contribution in [1.29, 1.82) is 0 Å². The van der Waals surface area contributed by atoms with Crippen LogP contribution in [0.3, 0.4) is 0 Å².